The summed E-state index contributed by atoms with van der Waals surface area (Å²) in [4.78, 5) is 13.1. The first-order valence-corrected chi connectivity index (χ1v) is 4.76. The van der Waals surface area contributed by atoms with Crippen molar-refractivity contribution in [1.29, 1.82) is 0 Å². The lowest BCUT2D eigenvalue weighted by Gasteiger charge is -2.21. The van der Waals surface area contributed by atoms with E-state index in [0.29, 0.717) is 12.1 Å². The number of hydrogen-bond acceptors (Lipinski definition) is 2. The van der Waals surface area contributed by atoms with Crippen molar-refractivity contribution in [1.82, 2.24) is 4.90 Å². The zero-order valence-electron chi connectivity index (χ0n) is 8.50. The van der Waals surface area contributed by atoms with Gasteiger partial charge in [-0.15, -0.1) is 0 Å². The molecule has 3 nitrogen and oxygen atoms in total. The van der Waals surface area contributed by atoms with Crippen LogP contribution in [0.4, 0.5) is 0 Å². The summed E-state index contributed by atoms with van der Waals surface area (Å²) in [6.07, 6.45) is 1.30. The summed E-state index contributed by atoms with van der Waals surface area (Å²) < 4.78 is 0. The minimum Gasteiger partial charge on any atom is -0.369 e. The number of aliphatic hydroxyl groups excluding tert-OH is 1. The lowest BCUT2D eigenvalue weighted by atomic mass is 10.2. The number of aliphatic hydroxyl groups is 1. The minimum atomic E-state index is -0.681. The highest BCUT2D eigenvalue weighted by molar-refractivity contribution is 5.96. The molecule has 13 heavy (non-hydrogen) atoms. The van der Waals surface area contributed by atoms with E-state index in [1.807, 2.05) is 6.92 Å². The number of rotatable bonds is 3. The Morgan fingerprint density at radius 2 is 2.08 bits per heavy atom. The van der Waals surface area contributed by atoms with Gasteiger partial charge in [-0.25, -0.2) is 0 Å². The van der Waals surface area contributed by atoms with E-state index in [2.05, 4.69) is 6.92 Å². The average molecular weight is 183 g/mol. The molecule has 1 aliphatic heterocycles. The molecule has 0 saturated heterocycles. The first-order chi connectivity index (χ1) is 6.09. The maximum absolute atomic E-state index is 11.5. The van der Waals surface area contributed by atoms with Crippen LogP contribution in [0.25, 0.3) is 0 Å². The van der Waals surface area contributed by atoms with Crippen LogP contribution in [0.15, 0.2) is 11.1 Å². The maximum Gasteiger partial charge on any atom is 0.251 e. The number of hydrogen-bond donors (Lipinski definition) is 1. The lowest BCUT2D eigenvalue weighted by Crippen LogP contribution is -2.35. The fourth-order valence-corrected chi connectivity index (χ4v) is 1.47. The van der Waals surface area contributed by atoms with Crippen LogP contribution in [0.1, 0.15) is 33.6 Å². The van der Waals surface area contributed by atoms with Gasteiger partial charge in [-0.3, -0.25) is 4.79 Å². The number of carbonyl (C=O) groups is 1. The van der Waals surface area contributed by atoms with Crippen molar-refractivity contribution in [2.75, 3.05) is 6.54 Å². The first-order valence-electron chi connectivity index (χ1n) is 4.76. The molecule has 1 N–H and O–H groups in total. The van der Waals surface area contributed by atoms with Gasteiger partial charge in [0.1, 0.15) is 0 Å². The van der Waals surface area contributed by atoms with Gasteiger partial charge in [0.15, 0.2) is 6.23 Å². The molecular formula is C10H17NO2. The molecule has 0 aromatic heterocycles. The molecule has 1 aliphatic rings. The highest BCUT2D eigenvalue weighted by Gasteiger charge is 2.32. The van der Waals surface area contributed by atoms with Crippen molar-refractivity contribution in [2.24, 2.45) is 0 Å². The highest BCUT2D eigenvalue weighted by Crippen LogP contribution is 2.23. The van der Waals surface area contributed by atoms with E-state index >= 15 is 0 Å². The normalized spacial score (nSPS) is 23.2. The van der Waals surface area contributed by atoms with Crippen molar-refractivity contribution in [2.45, 2.75) is 39.8 Å². The molecule has 0 spiro atoms. The van der Waals surface area contributed by atoms with Gasteiger partial charge < -0.3 is 10.0 Å². The second-order valence-corrected chi connectivity index (χ2v) is 3.53. The Morgan fingerprint density at radius 1 is 1.46 bits per heavy atom. The van der Waals surface area contributed by atoms with E-state index in [4.69, 9.17) is 0 Å². The number of amides is 1. The van der Waals surface area contributed by atoms with E-state index in [1.54, 1.807) is 6.92 Å². The summed E-state index contributed by atoms with van der Waals surface area (Å²) >= 11 is 0. The van der Waals surface area contributed by atoms with Crippen LogP contribution in [0.5, 0.6) is 0 Å². The summed E-state index contributed by atoms with van der Waals surface area (Å²) in [6, 6.07) is 0. The Kier molecular flexibility index (Phi) is 3.09. The molecule has 1 rings (SSSR count). The number of carbonyl (C=O) groups excluding carboxylic acids is 1. The summed E-state index contributed by atoms with van der Waals surface area (Å²) in [5.74, 6) is -0.0153. The molecule has 0 aliphatic carbocycles. The second kappa shape index (κ2) is 3.92. The predicted octanol–water partition coefficient (Wildman–Crippen LogP) is 1.28. The van der Waals surface area contributed by atoms with Crippen LogP contribution in [0, 0.1) is 0 Å². The SMILES string of the molecule is CCCCN1C(=O)C(C)=C(C)C1O. The highest BCUT2D eigenvalue weighted by atomic mass is 16.3. The monoisotopic (exact) mass is 183 g/mol. The van der Waals surface area contributed by atoms with Gasteiger partial charge in [0.25, 0.3) is 5.91 Å². The van der Waals surface area contributed by atoms with E-state index in [-0.39, 0.29) is 5.91 Å². The van der Waals surface area contributed by atoms with Gasteiger partial charge in [0.05, 0.1) is 0 Å². The van der Waals surface area contributed by atoms with Gasteiger partial charge in [-0.05, 0) is 25.8 Å². The van der Waals surface area contributed by atoms with Crippen molar-refractivity contribution in [3.05, 3.63) is 11.1 Å². The van der Waals surface area contributed by atoms with Crippen LogP contribution in [-0.4, -0.2) is 28.7 Å². The lowest BCUT2D eigenvalue weighted by molar-refractivity contribution is -0.131. The van der Waals surface area contributed by atoms with Crippen LogP contribution in [0.2, 0.25) is 0 Å². The molecule has 0 radical (unpaired) electrons. The molecule has 0 bridgehead atoms. The first kappa shape index (κ1) is 10.3. The van der Waals surface area contributed by atoms with Crippen molar-refractivity contribution in [3.8, 4) is 0 Å². The molecule has 74 valence electrons. The molecule has 3 heteroatoms. The summed E-state index contributed by atoms with van der Waals surface area (Å²) in [5.41, 5.74) is 1.49. The number of unbranched alkanes of at least 4 members (excludes halogenated alkanes) is 1. The summed E-state index contributed by atoms with van der Waals surface area (Å²) in [6.45, 7) is 6.31. The zero-order chi connectivity index (χ0) is 10.0. The smallest absolute Gasteiger partial charge is 0.251 e. The third kappa shape index (κ3) is 1.75. The van der Waals surface area contributed by atoms with Gasteiger partial charge in [0.2, 0.25) is 0 Å². The summed E-state index contributed by atoms with van der Waals surface area (Å²) in [5, 5.41) is 9.67. The van der Waals surface area contributed by atoms with E-state index in [9.17, 15) is 9.90 Å². The second-order valence-electron chi connectivity index (χ2n) is 3.53. The van der Waals surface area contributed by atoms with Gasteiger partial charge in [-0.1, -0.05) is 13.3 Å². The Morgan fingerprint density at radius 3 is 2.46 bits per heavy atom. The maximum atomic E-state index is 11.5. The van der Waals surface area contributed by atoms with Crippen LogP contribution >= 0.6 is 0 Å². The molecule has 1 amide bonds. The standard InChI is InChI=1S/C10H17NO2/c1-4-5-6-11-9(12)7(2)8(3)10(11)13/h9,12H,4-6H2,1-3H3. The van der Waals surface area contributed by atoms with E-state index in [1.165, 1.54) is 4.90 Å². The third-order valence-electron chi connectivity index (χ3n) is 2.61. The molecule has 1 atom stereocenters. The van der Waals surface area contributed by atoms with Crippen molar-refractivity contribution >= 4 is 5.91 Å². The minimum absolute atomic E-state index is 0.0153. The Bertz CT molecular complexity index is 245. The van der Waals surface area contributed by atoms with Crippen LogP contribution in [0.3, 0.4) is 0 Å². The topological polar surface area (TPSA) is 40.5 Å². The molecule has 1 unspecified atom stereocenters. The largest absolute Gasteiger partial charge is 0.369 e. The number of nitrogens with zero attached hydrogens (tertiary/aromatic N) is 1. The summed E-state index contributed by atoms with van der Waals surface area (Å²) in [7, 11) is 0. The van der Waals surface area contributed by atoms with Gasteiger partial charge in [-0.2, -0.15) is 0 Å². The fourth-order valence-electron chi connectivity index (χ4n) is 1.47. The van der Waals surface area contributed by atoms with Crippen molar-refractivity contribution in [3.63, 3.8) is 0 Å². The average Bonchev–Trinajstić information content (AvgIpc) is 2.30. The van der Waals surface area contributed by atoms with Gasteiger partial charge in [0, 0.05) is 12.1 Å². The molecule has 0 aromatic rings. The van der Waals surface area contributed by atoms with Crippen molar-refractivity contribution < 1.29 is 9.90 Å². The predicted molar refractivity (Wildman–Crippen MR) is 51.0 cm³/mol. The Labute approximate surface area is 79.0 Å². The fraction of sp³-hybridized carbons (Fsp3) is 0.700. The zero-order valence-corrected chi connectivity index (χ0v) is 8.50. The van der Waals surface area contributed by atoms with Crippen LogP contribution in [-0.2, 0) is 4.79 Å². The Hall–Kier alpha value is -0.830. The Balaban J connectivity index is 2.67. The third-order valence-corrected chi connectivity index (χ3v) is 2.61. The molecule has 0 saturated carbocycles. The molecule has 0 fully saturated rings. The van der Waals surface area contributed by atoms with E-state index in [0.717, 1.165) is 18.4 Å². The van der Waals surface area contributed by atoms with Crippen LogP contribution < -0.4 is 0 Å². The van der Waals surface area contributed by atoms with Gasteiger partial charge >= 0.3 is 0 Å². The molecule has 0 aromatic carbocycles. The van der Waals surface area contributed by atoms with E-state index < -0.39 is 6.23 Å². The quantitative estimate of drug-likeness (QED) is 0.716. The molecule has 1 heterocycles. The molecular weight excluding hydrogens is 166 g/mol.